The second kappa shape index (κ2) is 8.12. The van der Waals surface area contributed by atoms with E-state index in [1.165, 1.54) is 42.6 Å². The minimum absolute atomic E-state index is 0.0950. The second-order valence-corrected chi connectivity index (χ2v) is 9.42. The number of fused-ring (bicyclic) bond motifs is 1. The minimum atomic E-state index is -3.90. The smallest absolute Gasteiger partial charge is 0.395 e. The van der Waals surface area contributed by atoms with Gasteiger partial charge in [0.2, 0.25) is 0 Å². The Morgan fingerprint density at radius 1 is 1.18 bits per heavy atom. The summed E-state index contributed by atoms with van der Waals surface area (Å²) in [6.45, 7) is 0. The molecule has 0 fully saturated rings. The molecule has 0 unspecified atom stereocenters. The summed E-state index contributed by atoms with van der Waals surface area (Å²) in [5.74, 6) is -0.532. The van der Waals surface area contributed by atoms with Crippen LogP contribution in [0.3, 0.4) is 0 Å². The van der Waals surface area contributed by atoms with Crippen molar-refractivity contribution in [2.45, 2.75) is 17.2 Å². The number of anilines is 1. The number of hydrogen-bond donors (Lipinski definition) is 1. The quantitative estimate of drug-likeness (QED) is 0.388. The standard InChI is InChI=1S/C20H14ClF2N3O6S/c1-33(29,30)11-7-8-14(15(10-11)26(27)28)25-17(18-13(21)5-3-9-24-18)12-4-2-6-16-19(12)32-20(22,23)31-16/h2-10,17,25H,1H3/t17-/m0/s1. The van der Waals surface area contributed by atoms with Crippen molar-refractivity contribution >= 4 is 32.8 Å². The molecule has 0 aliphatic carbocycles. The van der Waals surface area contributed by atoms with E-state index in [1.54, 1.807) is 6.07 Å². The van der Waals surface area contributed by atoms with Crippen molar-refractivity contribution in [1.29, 1.82) is 0 Å². The summed E-state index contributed by atoms with van der Waals surface area (Å²) in [6.07, 6.45) is -1.58. The lowest BCUT2D eigenvalue weighted by Crippen LogP contribution is -2.26. The van der Waals surface area contributed by atoms with E-state index >= 15 is 0 Å². The van der Waals surface area contributed by atoms with Crippen molar-refractivity contribution in [3.8, 4) is 11.5 Å². The van der Waals surface area contributed by atoms with Gasteiger partial charge < -0.3 is 14.8 Å². The number of hydrogen-bond acceptors (Lipinski definition) is 8. The third-order valence-corrected chi connectivity index (χ3v) is 6.15. The molecule has 0 saturated carbocycles. The molecule has 0 bridgehead atoms. The topological polar surface area (TPSA) is 121 Å². The van der Waals surface area contributed by atoms with Crippen LogP contribution in [0, 0.1) is 10.1 Å². The Balaban J connectivity index is 1.88. The molecule has 1 N–H and O–H groups in total. The maximum atomic E-state index is 13.8. The SMILES string of the molecule is CS(=O)(=O)c1ccc(N[C@@H](c2cccc3c2OC(F)(F)O3)c2ncccc2Cl)c([N+](=O)[O-])c1. The van der Waals surface area contributed by atoms with Gasteiger partial charge in [-0.25, -0.2) is 8.42 Å². The van der Waals surface area contributed by atoms with E-state index in [2.05, 4.69) is 19.8 Å². The van der Waals surface area contributed by atoms with Gasteiger partial charge in [0.1, 0.15) is 5.69 Å². The average Bonchev–Trinajstić information content (AvgIpc) is 3.06. The fourth-order valence-electron chi connectivity index (χ4n) is 3.29. The lowest BCUT2D eigenvalue weighted by Gasteiger charge is -2.22. The number of rotatable bonds is 6. The van der Waals surface area contributed by atoms with Crippen molar-refractivity contribution in [2.24, 2.45) is 0 Å². The van der Waals surface area contributed by atoms with Crippen LogP contribution >= 0.6 is 11.6 Å². The van der Waals surface area contributed by atoms with E-state index in [0.717, 1.165) is 12.3 Å². The van der Waals surface area contributed by atoms with Gasteiger partial charge in [0, 0.05) is 24.1 Å². The molecule has 1 aromatic heterocycles. The molecule has 3 aromatic rings. The van der Waals surface area contributed by atoms with Crippen molar-refractivity contribution in [3.63, 3.8) is 0 Å². The molecule has 1 atom stereocenters. The normalized spacial score (nSPS) is 15.2. The Hall–Kier alpha value is -3.51. The van der Waals surface area contributed by atoms with E-state index in [-0.39, 0.29) is 38.4 Å². The van der Waals surface area contributed by atoms with E-state index in [0.29, 0.717) is 0 Å². The molecule has 13 heteroatoms. The van der Waals surface area contributed by atoms with Gasteiger partial charge in [0.25, 0.3) is 5.69 Å². The fraction of sp³-hybridized carbons (Fsp3) is 0.150. The highest BCUT2D eigenvalue weighted by Crippen LogP contribution is 2.47. The largest absolute Gasteiger partial charge is 0.586 e. The highest BCUT2D eigenvalue weighted by atomic mass is 35.5. The summed E-state index contributed by atoms with van der Waals surface area (Å²) in [6, 6.07) is 9.41. The number of nitrogens with one attached hydrogen (secondary N) is 1. The Morgan fingerprint density at radius 2 is 1.94 bits per heavy atom. The first kappa shape index (κ1) is 22.7. The minimum Gasteiger partial charge on any atom is -0.395 e. The van der Waals surface area contributed by atoms with Gasteiger partial charge in [-0.1, -0.05) is 23.7 Å². The first-order valence-electron chi connectivity index (χ1n) is 9.20. The molecule has 33 heavy (non-hydrogen) atoms. The molecule has 2 heterocycles. The maximum absolute atomic E-state index is 13.8. The number of halogens is 3. The third-order valence-electron chi connectivity index (χ3n) is 4.72. The summed E-state index contributed by atoms with van der Waals surface area (Å²) >= 11 is 6.29. The zero-order valence-electron chi connectivity index (χ0n) is 16.7. The summed E-state index contributed by atoms with van der Waals surface area (Å²) in [7, 11) is -3.72. The van der Waals surface area contributed by atoms with Crippen molar-refractivity contribution in [2.75, 3.05) is 11.6 Å². The van der Waals surface area contributed by atoms with E-state index in [4.69, 9.17) is 11.6 Å². The molecular formula is C20H14ClF2N3O6S. The van der Waals surface area contributed by atoms with Gasteiger partial charge in [-0.05, 0) is 30.3 Å². The van der Waals surface area contributed by atoms with Crippen molar-refractivity contribution < 1.29 is 31.6 Å². The van der Waals surface area contributed by atoms with Crippen LogP contribution in [0.5, 0.6) is 11.5 Å². The Labute approximate surface area is 191 Å². The molecular weight excluding hydrogens is 484 g/mol. The molecule has 0 radical (unpaired) electrons. The number of nitrogens with zero attached hydrogens (tertiary/aromatic N) is 2. The number of alkyl halides is 2. The van der Waals surface area contributed by atoms with E-state index in [1.807, 2.05) is 0 Å². The molecule has 1 aliphatic heterocycles. The lowest BCUT2D eigenvalue weighted by atomic mass is 10.0. The maximum Gasteiger partial charge on any atom is 0.586 e. The van der Waals surface area contributed by atoms with Crippen LogP contribution in [0.2, 0.25) is 5.02 Å². The van der Waals surface area contributed by atoms with Gasteiger partial charge in [0.05, 0.1) is 26.6 Å². The van der Waals surface area contributed by atoms with E-state index in [9.17, 15) is 27.3 Å². The van der Waals surface area contributed by atoms with Crippen LogP contribution in [0.15, 0.2) is 59.6 Å². The molecule has 0 amide bonds. The molecule has 9 nitrogen and oxygen atoms in total. The predicted octanol–water partition coefficient (Wildman–Crippen LogP) is 4.57. The number of sulfone groups is 1. The Bertz CT molecular complexity index is 1370. The number of nitro benzene ring substituents is 1. The first-order valence-corrected chi connectivity index (χ1v) is 11.5. The summed E-state index contributed by atoms with van der Waals surface area (Å²) in [4.78, 5) is 14.9. The first-order chi connectivity index (χ1) is 15.5. The van der Waals surface area contributed by atoms with Gasteiger partial charge in [0.15, 0.2) is 21.3 Å². The summed E-state index contributed by atoms with van der Waals surface area (Å²) in [5, 5.41) is 14.7. The summed E-state index contributed by atoms with van der Waals surface area (Å²) in [5.41, 5.74) is -0.368. The zero-order chi connectivity index (χ0) is 24.0. The van der Waals surface area contributed by atoms with Crippen LogP contribution in [-0.2, 0) is 9.84 Å². The fourth-order valence-corrected chi connectivity index (χ4v) is 4.16. The average molecular weight is 498 g/mol. The predicted molar refractivity (Wildman–Crippen MR) is 114 cm³/mol. The third kappa shape index (κ3) is 4.52. The number of aromatic nitrogens is 1. The number of nitro groups is 1. The molecule has 1 aliphatic rings. The number of para-hydroxylation sites is 1. The zero-order valence-corrected chi connectivity index (χ0v) is 18.2. The van der Waals surface area contributed by atoms with Crippen LogP contribution in [0.25, 0.3) is 0 Å². The second-order valence-electron chi connectivity index (χ2n) is 7.00. The Kier molecular flexibility index (Phi) is 5.58. The summed E-state index contributed by atoms with van der Waals surface area (Å²) < 4.78 is 60.4. The van der Waals surface area contributed by atoms with Crippen molar-refractivity contribution in [3.05, 3.63) is 81.1 Å². The molecule has 0 spiro atoms. The van der Waals surface area contributed by atoms with Gasteiger partial charge in [-0.15, -0.1) is 8.78 Å². The number of pyridine rings is 1. The monoisotopic (exact) mass is 497 g/mol. The Morgan fingerprint density at radius 3 is 2.61 bits per heavy atom. The highest BCUT2D eigenvalue weighted by Gasteiger charge is 2.45. The van der Waals surface area contributed by atoms with Gasteiger partial charge >= 0.3 is 6.29 Å². The molecule has 172 valence electrons. The van der Waals surface area contributed by atoms with Gasteiger partial charge in [-0.3, -0.25) is 15.1 Å². The van der Waals surface area contributed by atoms with Gasteiger partial charge in [-0.2, -0.15) is 0 Å². The molecule has 2 aromatic carbocycles. The van der Waals surface area contributed by atoms with E-state index < -0.39 is 32.8 Å². The molecule has 0 saturated heterocycles. The van der Waals surface area contributed by atoms with Crippen LogP contribution < -0.4 is 14.8 Å². The van der Waals surface area contributed by atoms with Crippen molar-refractivity contribution in [1.82, 2.24) is 4.98 Å². The number of ether oxygens (including phenoxy) is 2. The number of benzene rings is 2. The lowest BCUT2D eigenvalue weighted by molar-refractivity contribution is -0.384. The van der Waals surface area contributed by atoms with Crippen LogP contribution in [-0.4, -0.2) is 30.9 Å². The van der Waals surface area contributed by atoms with Crippen LogP contribution in [0.1, 0.15) is 17.3 Å². The van der Waals surface area contributed by atoms with Crippen LogP contribution in [0.4, 0.5) is 20.2 Å². The molecule has 4 rings (SSSR count). The highest BCUT2D eigenvalue weighted by molar-refractivity contribution is 7.90.